The van der Waals surface area contributed by atoms with Gasteiger partial charge in [0.25, 0.3) is 11.8 Å². The maximum absolute atomic E-state index is 14.7. The van der Waals surface area contributed by atoms with Crippen LogP contribution in [0.25, 0.3) is 0 Å². The van der Waals surface area contributed by atoms with Gasteiger partial charge in [-0.15, -0.1) is 0 Å². The van der Waals surface area contributed by atoms with Gasteiger partial charge in [0.2, 0.25) is 0 Å². The maximum atomic E-state index is 14.7. The number of urea groups is 1. The van der Waals surface area contributed by atoms with Gasteiger partial charge in [-0.1, -0.05) is 35.1 Å². The van der Waals surface area contributed by atoms with Crippen molar-refractivity contribution in [2.75, 3.05) is 86.2 Å². The molecule has 2 fully saturated rings. The van der Waals surface area contributed by atoms with E-state index < -0.39 is 5.82 Å². The molecule has 18 heteroatoms. The summed E-state index contributed by atoms with van der Waals surface area (Å²) in [6, 6.07) is 11.1. The average Bonchev–Trinajstić information content (AvgIpc) is 3.62. The van der Waals surface area contributed by atoms with E-state index in [1.54, 1.807) is 12.1 Å². The Bertz CT molecular complexity index is 1890. The van der Waals surface area contributed by atoms with E-state index in [4.69, 9.17) is 21.1 Å². The van der Waals surface area contributed by atoms with Gasteiger partial charge in [0.15, 0.2) is 23.3 Å². The molecule has 6 rings (SSSR count). The van der Waals surface area contributed by atoms with Crippen LogP contribution in [0.5, 0.6) is 5.75 Å². The molecule has 2 aromatic carbocycles. The number of para-hydroxylation sites is 1. The van der Waals surface area contributed by atoms with Gasteiger partial charge >= 0.3 is 6.03 Å². The van der Waals surface area contributed by atoms with E-state index in [1.165, 1.54) is 40.9 Å². The summed E-state index contributed by atoms with van der Waals surface area (Å²) in [4.78, 5) is 57.0. The zero-order chi connectivity index (χ0) is 37.2. The van der Waals surface area contributed by atoms with Gasteiger partial charge in [0.05, 0.1) is 23.5 Å². The molecule has 53 heavy (non-hydrogen) atoms. The molecule has 280 valence electrons. The third kappa shape index (κ3) is 10.3. The monoisotopic (exact) mass is 766 g/mol. The van der Waals surface area contributed by atoms with Gasteiger partial charge in [-0.2, -0.15) is 0 Å². The molecule has 0 atom stereocenters. The molecule has 0 saturated carbocycles. The Morgan fingerprint density at radius 1 is 1.09 bits per heavy atom. The fourth-order valence-corrected chi connectivity index (χ4v) is 6.74. The first-order valence-electron chi connectivity index (χ1n) is 17.1. The number of halogens is 2. The Kier molecular flexibility index (Phi) is 12.9. The van der Waals surface area contributed by atoms with Gasteiger partial charge in [-0.25, -0.2) is 24.1 Å². The predicted octanol–water partition coefficient (Wildman–Crippen LogP) is 4.63. The normalized spacial score (nSPS) is 15.3. The maximum Gasteiger partial charge on any atom is 0.323 e. The van der Waals surface area contributed by atoms with Crippen molar-refractivity contribution in [3.8, 4) is 5.75 Å². The van der Waals surface area contributed by atoms with Crippen LogP contribution in [0.1, 0.15) is 28.1 Å². The number of aromatic nitrogens is 3. The minimum Gasteiger partial charge on any atom is -0.481 e. The molecule has 0 bridgehead atoms. The van der Waals surface area contributed by atoms with Gasteiger partial charge < -0.3 is 35.6 Å². The molecule has 0 radical (unpaired) electrons. The number of carbonyl (C=O) groups is 3. The van der Waals surface area contributed by atoms with Gasteiger partial charge in [0, 0.05) is 57.1 Å². The fourth-order valence-electron chi connectivity index (χ4n) is 5.75. The van der Waals surface area contributed by atoms with E-state index in [2.05, 4.69) is 46.0 Å². The minimum absolute atomic E-state index is 0.0637. The summed E-state index contributed by atoms with van der Waals surface area (Å²) in [6.45, 7) is 6.96. The lowest BCUT2D eigenvalue weighted by Crippen LogP contribution is -2.47. The predicted molar refractivity (Wildman–Crippen MR) is 201 cm³/mol. The highest BCUT2D eigenvalue weighted by Gasteiger charge is 2.21. The van der Waals surface area contributed by atoms with Crippen molar-refractivity contribution in [3.63, 3.8) is 0 Å². The lowest BCUT2D eigenvalue weighted by atomic mass is 10.2. The number of amides is 4. The number of carbonyl (C=O) groups excluding carboxylic acids is 3. The molecule has 0 aliphatic carbocycles. The second kappa shape index (κ2) is 18.1. The first-order chi connectivity index (χ1) is 25.7. The number of hydrogen-bond donors (Lipinski definition) is 4. The molecule has 2 saturated heterocycles. The zero-order valence-corrected chi connectivity index (χ0v) is 30.6. The van der Waals surface area contributed by atoms with E-state index in [0.717, 1.165) is 50.5 Å². The number of hydrogen-bond acceptors (Lipinski definition) is 12. The van der Waals surface area contributed by atoms with Crippen LogP contribution in [0.4, 0.5) is 37.3 Å². The quantitative estimate of drug-likeness (QED) is 0.140. The highest BCUT2D eigenvalue weighted by Crippen LogP contribution is 2.29. The molecule has 4 amide bonds. The van der Waals surface area contributed by atoms with Crippen molar-refractivity contribution in [2.24, 2.45) is 0 Å². The average molecular weight is 767 g/mol. The number of thiazole rings is 1. The number of nitrogens with zero attached hydrogens (tertiary/aromatic N) is 6. The third-order valence-corrected chi connectivity index (χ3v) is 9.80. The van der Waals surface area contributed by atoms with Crippen LogP contribution >= 0.6 is 22.9 Å². The number of anilines is 5. The number of benzene rings is 2. The van der Waals surface area contributed by atoms with E-state index in [0.29, 0.717) is 58.3 Å². The second-order valence-corrected chi connectivity index (χ2v) is 13.7. The van der Waals surface area contributed by atoms with Gasteiger partial charge in [0.1, 0.15) is 29.6 Å². The Morgan fingerprint density at radius 3 is 2.75 bits per heavy atom. The molecular formula is C35H40ClFN10O5S. The molecule has 2 aliphatic rings. The van der Waals surface area contributed by atoms with E-state index in [1.807, 2.05) is 25.1 Å². The number of rotatable bonds is 13. The number of aryl methyl sites for hydroxylation is 1. The van der Waals surface area contributed by atoms with Gasteiger partial charge in [-0.05, 0) is 50.1 Å². The fraction of sp³-hybridized carbons (Fsp3) is 0.371. The molecular weight excluding hydrogens is 727 g/mol. The molecule has 2 aliphatic heterocycles. The third-order valence-electron chi connectivity index (χ3n) is 8.57. The van der Waals surface area contributed by atoms with Crippen LogP contribution in [0.15, 0.2) is 55.0 Å². The highest BCUT2D eigenvalue weighted by atomic mass is 35.5. The second-order valence-electron chi connectivity index (χ2n) is 12.3. The SMILES string of the molecule is Cc1cccc(Cl)c1NC(=O)c1cnc(Nc2cc(N3CCN(CCCNC(=O)COc4ccc(N5CCCOCNC5=O)cc4F)CC3)ncn2)s1. The first-order valence-corrected chi connectivity index (χ1v) is 18.3. The molecule has 2 aromatic heterocycles. The van der Waals surface area contributed by atoms with E-state index >= 15 is 0 Å². The van der Waals surface area contributed by atoms with Crippen molar-refractivity contribution in [1.29, 1.82) is 0 Å². The molecule has 15 nitrogen and oxygen atoms in total. The smallest absolute Gasteiger partial charge is 0.323 e. The summed E-state index contributed by atoms with van der Waals surface area (Å²) in [7, 11) is 0. The molecule has 4 aromatic rings. The first kappa shape index (κ1) is 37.7. The Morgan fingerprint density at radius 2 is 1.94 bits per heavy atom. The highest BCUT2D eigenvalue weighted by molar-refractivity contribution is 7.17. The van der Waals surface area contributed by atoms with Crippen LogP contribution in [0, 0.1) is 12.7 Å². The summed E-state index contributed by atoms with van der Waals surface area (Å²) >= 11 is 7.46. The number of nitrogens with one attached hydrogen (secondary N) is 4. The zero-order valence-electron chi connectivity index (χ0n) is 29.1. The van der Waals surface area contributed by atoms with Crippen molar-refractivity contribution >= 4 is 68.9 Å². The number of piperazine rings is 1. The van der Waals surface area contributed by atoms with Crippen molar-refractivity contribution in [1.82, 2.24) is 30.5 Å². The Balaban J connectivity index is 0.887. The van der Waals surface area contributed by atoms with Crippen molar-refractivity contribution in [3.05, 3.63) is 76.3 Å². The topological polar surface area (TPSA) is 166 Å². The largest absolute Gasteiger partial charge is 0.481 e. The summed E-state index contributed by atoms with van der Waals surface area (Å²) in [5.41, 5.74) is 1.83. The molecule has 4 N–H and O–H groups in total. The lowest BCUT2D eigenvalue weighted by molar-refractivity contribution is -0.123. The van der Waals surface area contributed by atoms with Crippen molar-refractivity contribution in [2.45, 2.75) is 19.8 Å². The van der Waals surface area contributed by atoms with E-state index in [9.17, 15) is 18.8 Å². The van der Waals surface area contributed by atoms with E-state index in [-0.39, 0.29) is 36.9 Å². The summed E-state index contributed by atoms with van der Waals surface area (Å²) in [6.07, 6.45) is 4.37. The van der Waals surface area contributed by atoms with Crippen LogP contribution < -0.4 is 35.8 Å². The summed E-state index contributed by atoms with van der Waals surface area (Å²) in [5, 5.41) is 12.5. The van der Waals surface area contributed by atoms with Crippen LogP contribution in [-0.4, -0.2) is 103 Å². The standard InChI is InChI=1S/C35H40ClFN10O5S/c1-23-5-2-6-25(36)32(23)44-33(49)28-19-39-34(53-28)43-29-18-30(41-21-40-29)46-14-12-45(13-15-46)10-3-9-38-31(48)20-52-27-8-7-24(17-26(27)37)47-11-4-16-51-22-42-35(47)50/h2,5-8,17-19,21H,3-4,9-16,20,22H2,1H3,(H,38,48)(H,42,50)(H,44,49)(H,39,40,41,43). The Hall–Kier alpha value is -5.10. The van der Waals surface area contributed by atoms with Crippen LogP contribution in [0.3, 0.4) is 0 Å². The van der Waals surface area contributed by atoms with Crippen molar-refractivity contribution < 1.29 is 28.2 Å². The number of ether oxygens (including phenoxy) is 2. The summed E-state index contributed by atoms with van der Waals surface area (Å²) in [5.74, 6) is -0.0243. The molecule has 0 spiro atoms. The Labute approximate surface area is 314 Å². The van der Waals surface area contributed by atoms with Gasteiger partial charge in [-0.3, -0.25) is 19.4 Å². The molecule has 4 heterocycles. The minimum atomic E-state index is -0.657. The van der Waals surface area contributed by atoms with Crippen LogP contribution in [-0.2, 0) is 9.53 Å². The summed E-state index contributed by atoms with van der Waals surface area (Å²) < 4.78 is 25.4. The lowest BCUT2D eigenvalue weighted by Gasteiger charge is -2.35. The van der Waals surface area contributed by atoms with Crippen LogP contribution in [0.2, 0.25) is 5.02 Å². The molecule has 0 unspecified atom stereocenters.